The number of methoxy groups -OCH3 is 4. The molecule has 0 spiro atoms. The third kappa shape index (κ3) is 7.85. The van der Waals surface area contributed by atoms with Gasteiger partial charge in [0, 0.05) is 29.9 Å². The van der Waals surface area contributed by atoms with Crippen LogP contribution >= 0.6 is 0 Å². The molecule has 0 bridgehead atoms. The number of aryl methyl sites for hydroxylation is 1. The van der Waals surface area contributed by atoms with Crippen LogP contribution in [0.5, 0.6) is 23.0 Å². The van der Waals surface area contributed by atoms with E-state index in [0.717, 1.165) is 5.56 Å². The van der Waals surface area contributed by atoms with Crippen LogP contribution in [0.1, 0.15) is 23.6 Å². The largest absolute Gasteiger partial charge is 0.493 e. The normalized spacial score (nSPS) is 13.1. The quantitative estimate of drug-likeness (QED) is 0.330. The van der Waals surface area contributed by atoms with Gasteiger partial charge in [0.05, 0.1) is 40.5 Å². The van der Waals surface area contributed by atoms with Gasteiger partial charge in [0.25, 0.3) is 0 Å². The number of ether oxygens (including phenoxy) is 4. The number of rotatable bonds is 7. The maximum Gasteiger partial charge on any atom is 0.241 e. The Hall–Kier alpha value is -3.91. The molecule has 8 nitrogen and oxygen atoms in total. The molecule has 3 aromatic carbocycles. The lowest BCUT2D eigenvalue weighted by molar-refractivity contribution is 0.108. The van der Waals surface area contributed by atoms with E-state index in [1.165, 1.54) is 39.5 Å². The van der Waals surface area contributed by atoms with E-state index in [-0.39, 0.29) is 16.1 Å². The molecule has 1 N–H and O–H groups in total. The van der Waals surface area contributed by atoms with E-state index in [9.17, 15) is 17.6 Å². The monoisotopic (exact) mass is 607 g/mol. The molecule has 0 fully saturated rings. The minimum absolute atomic E-state index is 0.142. The average molecular weight is 608 g/mol. The zero-order valence-corrected chi connectivity index (χ0v) is 23.7. The Labute approximate surface area is 234 Å². The van der Waals surface area contributed by atoms with Crippen molar-refractivity contribution in [2.45, 2.75) is 23.8 Å². The number of hydrogen-bond donors (Lipinski definition) is 1. The fourth-order valence-electron chi connectivity index (χ4n) is 4.44. The van der Waals surface area contributed by atoms with Crippen LogP contribution in [0.15, 0.2) is 64.3 Å². The molecule has 3 aromatic rings. The van der Waals surface area contributed by atoms with E-state index >= 15 is 0 Å². The van der Waals surface area contributed by atoms with Gasteiger partial charge in [0.1, 0.15) is 0 Å². The van der Waals surface area contributed by atoms with Crippen LogP contribution in [0.25, 0.3) is 11.1 Å². The number of hydrogen-bond acceptors (Lipinski definition) is 7. The highest BCUT2D eigenvalue weighted by Gasteiger charge is 2.31. The summed E-state index contributed by atoms with van der Waals surface area (Å²) >= 11 is 0. The number of alkyl halides is 1. The van der Waals surface area contributed by atoms with Crippen LogP contribution in [-0.4, -0.2) is 44.0 Å². The average Bonchev–Trinajstić information content (AvgIpc) is 3.27. The van der Waals surface area contributed by atoms with Gasteiger partial charge in [0.15, 0.2) is 17.2 Å². The first-order valence-electron chi connectivity index (χ1n) is 11.6. The highest BCUT2D eigenvalue weighted by molar-refractivity contribution is 7.89. The van der Waals surface area contributed by atoms with Gasteiger partial charge in [-0.25, -0.2) is 13.1 Å². The van der Waals surface area contributed by atoms with Gasteiger partial charge in [-0.2, -0.15) is 0 Å². The van der Waals surface area contributed by atoms with Crippen molar-refractivity contribution in [3.05, 3.63) is 75.9 Å². The molecule has 1 aliphatic carbocycles. The molecule has 226 valence electrons. The summed E-state index contributed by atoms with van der Waals surface area (Å²) in [7, 11) is 2.64. The van der Waals surface area contributed by atoms with Crippen molar-refractivity contribution in [3.8, 4) is 34.1 Å². The third-order valence-electron chi connectivity index (χ3n) is 6.07. The fourth-order valence-corrected chi connectivity index (χ4v) is 5.72. The summed E-state index contributed by atoms with van der Waals surface area (Å²) in [6, 6.07) is 14.1. The highest BCUT2D eigenvalue weighted by atomic mass is 32.2. The summed E-state index contributed by atoms with van der Waals surface area (Å²) in [6.45, 7) is 0. The van der Waals surface area contributed by atoms with Gasteiger partial charge in [-0.05, 0) is 59.9 Å². The zero-order valence-electron chi connectivity index (χ0n) is 22.8. The molecule has 4 rings (SSSR count). The number of nitrogens with one attached hydrogen (secondary N) is 1. The summed E-state index contributed by atoms with van der Waals surface area (Å²) in [5.74, 6) is 1.48. The standard InChI is InChI=1S/C26H27NO7S.CH3F.2F2/c1-31-22-13-11-18-19(15-21(22)28)20(27-35(29,30)17-8-6-5-7-9-17)12-10-16-14-23(32-2)25(33-3)26(34-4)24(16)18;3*1-2/h5-9,11,13-15,20,27H,10,12H2,1-4H3;1H3;;/t20-;;;/m1.../s1. The Bertz CT molecular complexity index is 1430. The van der Waals surface area contributed by atoms with E-state index in [1.54, 1.807) is 37.4 Å². The second-order valence-corrected chi connectivity index (χ2v) is 9.70. The Morgan fingerprint density at radius 1 is 0.780 bits per heavy atom. The van der Waals surface area contributed by atoms with Crippen molar-refractivity contribution in [2.24, 2.45) is 0 Å². The number of fused-ring (bicyclic) bond motifs is 3. The van der Waals surface area contributed by atoms with Crippen molar-refractivity contribution in [3.63, 3.8) is 0 Å². The van der Waals surface area contributed by atoms with Crippen LogP contribution in [0.4, 0.5) is 22.7 Å². The number of benzene rings is 2. The first-order valence-corrected chi connectivity index (χ1v) is 13.1. The minimum atomic E-state index is -3.86. The molecule has 0 saturated heterocycles. The molecule has 1 aliphatic rings. The fraction of sp³-hybridized carbons (Fsp3) is 0.296. The van der Waals surface area contributed by atoms with Crippen LogP contribution in [0, 0.1) is 0 Å². The van der Waals surface area contributed by atoms with Crippen molar-refractivity contribution in [1.29, 1.82) is 0 Å². The molecule has 1 atom stereocenters. The lowest BCUT2D eigenvalue weighted by Gasteiger charge is -2.20. The molecule has 0 unspecified atom stereocenters. The van der Waals surface area contributed by atoms with Gasteiger partial charge in [-0.1, -0.05) is 24.3 Å². The lowest BCUT2D eigenvalue weighted by Crippen LogP contribution is -2.29. The molecule has 0 saturated carbocycles. The first kappa shape index (κ1) is 35.1. The summed E-state index contributed by atoms with van der Waals surface area (Å²) in [4.78, 5) is 13.1. The second-order valence-electron chi connectivity index (χ2n) is 7.98. The summed E-state index contributed by atoms with van der Waals surface area (Å²) in [5.41, 5.74) is 2.37. The van der Waals surface area contributed by atoms with Gasteiger partial charge in [-0.15, -0.1) is 0 Å². The van der Waals surface area contributed by atoms with Crippen molar-refractivity contribution < 1.29 is 50.1 Å². The van der Waals surface area contributed by atoms with E-state index in [1.807, 2.05) is 6.07 Å². The smallest absolute Gasteiger partial charge is 0.241 e. The molecule has 0 amide bonds. The highest BCUT2D eigenvalue weighted by Crippen LogP contribution is 2.50. The predicted molar refractivity (Wildman–Crippen MR) is 144 cm³/mol. The van der Waals surface area contributed by atoms with Crippen molar-refractivity contribution in [2.75, 3.05) is 35.6 Å². The SMILES string of the molecule is CF.COc1cc2c(c(OC)c1OC)-c1ccc(OC)c(=O)cc1[C@H](NS(=O)(=O)c1ccccc1)CC2.FF.FF. The Morgan fingerprint density at radius 2 is 1.37 bits per heavy atom. The minimum Gasteiger partial charge on any atom is -0.493 e. The number of sulfonamides is 1. The third-order valence-corrected chi connectivity index (χ3v) is 7.56. The van der Waals surface area contributed by atoms with Crippen LogP contribution < -0.4 is 29.1 Å². The van der Waals surface area contributed by atoms with Crippen LogP contribution in [0.2, 0.25) is 0 Å². The summed E-state index contributed by atoms with van der Waals surface area (Å²) in [5, 5.41) is 0. The number of halogens is 5. The van der Waals surface area contributed by atoms with E-state index in [0.29, 0.717) is 54.0 Å². The molecule has 0 aromatic heterocycles. The zero-order chi connectivity index (χ0) is 31.2. The molecule has 0 heterocycles. The predicted octanol–water partition coefficient (Wildman–Crippen LogP) is 5.98. The van der Waals surface area contributed by atoms with E-state index < -0.39 is 16.1 Å². The maximum absolute atomic E-state index is 13.2. The first-order chi connectivity index (χ1) is 19.8. The molecular weight excluding hydrogens is 577 g/mol. The molecule has 0 aliphatic heterocycles. The van der Waals surface area contributed by atoms with E-state index in [2.05, 4.69) is 4.72 Å². The Kier molecular flexibility index (Phi) is 14.6. The van der Waals surface area contributed by atoms with Crippen molar-refractivity contribution >= 4 is 10.0 Å². The summed E-state index contributed by atoms with van der Waals surface area (Å²) in [6.07, 6.45) is 0.897. The maximum atomic E-state index is 13.2. The van der Waals surface area contributed by atoms with Crippen molar-refractivity contribution in [1.82, 2.24) is 4.72 Å². The van der Waals surface area contributed by atoms with Gasteiger partial charge in [-0.3, -0.25) is 9.18 Å². The lowest BCUT2D eigenvalue weighted by atomic mass is 9.95. The Balaban J connectivity index is 0.00000131. The summed E-state index contributed by atoms with van der Waals surface area (Å²) < 4.78 is 92.9. The van der Waals surface area contributed by atoms with Gasteiger partial charge < -0.3 is 18.9 Å². The van der Waals surface area contributed by atoms with Crippen LogP contribution in [0.3, 0.4) is 0 Å². The second kappa shape index (κ2) is 17.0. The molecule has 14 heteroatoms. The topological polar surface area (TPSA) is 100 Å². The van der Waals surface area contributed by atoms with Gasteiger partial charge >= 0.3 is 0 Å². The Morgan fingerprint density at radius 3 is 1.90 bits per heavy atom. The molecule has 0 radical (unpaired) electrons. The molecule has 41 heavy (non-hydrogen) atoms. The van der Waals surface area contributed by atoms with Crippen LogP contribution in [-0.2, 0) is 16.4 Å². The molecular formula is C27H30F5NO7S. The van der Waals surface area contributed by atoms with Gasteiger partial charge in [0.2, 0.25) is 21.2 Å². The van der Waals surface area contributed by atoms with E-state index in [4.69, 9.17) is 37.2 Å².